The van der Waals surface area contributed by atoms with Gasteiger partial charge in [0.2, 0.25) is 0 Å². The van der Waals surface area contributed by atoms with Gasteiger partial charge in [0.25, 0.3) is 0 Å². The average molecular weight is 345 g/mol. The number of aromatic nitrogens is 2. The number of nitrogens with zero attached hydrogens (tertiary/aromatic N) is 2. The van der Waals surface area contributed by atoms with E-state index < -0.39 is 5.82 Å². The van der Waals surface area contributed by atoms with E-state index in [2.05, 4.69) is 32.6 Å². The Bertz CT molecular complexity index is 536. The lowest BCUT2D eigenvalue weighted by Gasteiger charge is -2.05. The molecular weight excluding hydrogens is 336 g/mol. The molecule has 1 aromatic heterocycles. The number of ether oxygens (including phenoxy) is 1. The standard InChI is InChI=1S/C11H9FIN3O/c12-9-5-15-11(16-10(9)14)17-6-7-2-1-3-8(13)4-7/h1-5H,6H2,(H2,14,15,16). The smallest absolute Gasteiger partial charge is 0.318 e. The monoisotopic (exact) mass is 345 g/mol. The van der Waals surface area contributed by atoms with Gasteiger partial charge in [0.15, 0.2) is 11.6 Å². The van der Waals surface area contributed by atoms with E-state index in [1.807, 2.05) is 24.3 Å². The van der Waals surface area contributed by atoms with E-state index in [9.17, 15) is 4.39 Å². The molecule has 0 saturated carbocycles. The molecule has 0 amide bonds. The normalized spacial score (nSPS) is 10.2. The quantitative estimate of drug-likeness (QED) is 0.868. The summed E-state index contributed by atoms with van der Waals surface area (Å²) < 4.78 is 19.2. The molecule has 2 rings (SSSR count). The topological polar surface area (TPSA) is 61.0 Å². The first-order chi connectivity index (χ1) is 8.15. The Morgan fingerprint density at radius 3 is 2.94 bits per heavy atom. The molecule has 0 unspecified atom stereocenters. The first-order valence-corrected chi connectivity index (χ1v) is 5.88. The van der Waals surface area contributed by atoms with Gasteiger partial charge in [-0.25, -0.2) is 9.37 Å². The Labute approximate surface area is 111 Å². The number of hydrogen-bond donors (Lipinski definition) is 1. The number of nitrogens with two attached hydrogens (primary N) is 1. The molecule has 2 aromatic rings. The first-order valence-electron chi connectivity index (χ1n) is 4.80. The van der Waals surface area contributed by atoms with E-state index >= 15 is 0 Å². The summed E-state index contributed by atoms with van der Waals surface area (Å²) in [6.07, 6.45) is 0.992. The van der Waals surface area contributed by atoms with Gasteiger partial charge in [0.05, 0.1) is 6.20 Å². The molecule has 0 spiro atoms. The zero-order valence-electron chi connectivity index (χ0n) is 8.73. The van der Waals surface area contributed by atoms with Crippen LogP contribution in [0.4, 0.5) is 10.2 Å². The molecule has 0 radical (unpaired) electrons. The molecule has 0 fully saturated rings. The SMILES string of the molecule is Nc1nc(OCc2cccc(I)c2)ncc1F. The highest BCUT2D eigenvalue weighted by Crippen LogP contribution is 2.12. The fraction of sp³-hybridized carbons (Fsp3) is 0.0909. The van der Waals surface area contributed by atoms with Crippen molar-refractivity contribution in [2.75, 3.05) is 5.73 Å². The summed E-state index contributed by atoms with van der Waals surface area (Å²) in [5.74, 6) is -0.857. The van der Waals surface area contributed by atoms with Crippen molar-refractivity contribution in [3.05, 3.63) is 45.4 Å². The Morgan fingerprint density at radius 2 is 2.24 bits per heavy atom. The molecule has 17 heavy (non-hydrogen) atoms. The molecule has 6 heteroatoms. The third-order valence-corrected chi connectivity index (χ3v) is 2.68. The lowest BCUT2D eigenvalue weighted by Crippen LogP contribution is -2.03. The minimum absolute atomic E-state index is 0.0720. The van der Waals surface area contributed by atoms with Gasteiger partial charge in [0, 0.05) is 3.57 Å². The van der Waals surface area contributed by atoms with E-state index in [0.717, 1.165) is 15.3 Å². The maximum absolute atomic E-state index is 12.8. The van der Waals surface area contributed by atoms with Crippen molar-refractivity contribution in [1.82, 2.24) is 9.97 Å². The summed E-state index contributed by atoms with van der Waals surface area (Å²) in [5.41, 5.74) is 6.30. The van der Waals surface area contributed by atoms with Gasteiger partial charge in [-0.2, -0.15) is 4.98 Å². The predicted molar refractivity (Wildman–Crippen MR) is 69.9 cm³/mol. The van der Waals surface area contributed by atoms with Crippen LogP contribution in [0.1, 0.15) is 5.56 Å². The number of anilines is 1. The van der Waals surface area contributed by atoms with E-state index in [1.165, 1.54) is 0 Å². The average Bonchev–Trinajstić information content (AvgIpc) is 2.31. The molecule has 88 valence electrons. The van der Waals surface area contributed by atoms with Crippen LogP contribution in [0, 0.1) is 9.39 Å². The Morgan fingerprint density at radius 1 is 1.41 bits per heavy atom. The molecule has 1 aromatic carbocycles. The Hall–Kier alpha value is -1.44. The van der Waals surface area contributed by atoms with Gasteiger partial charge in [0.1, 0.15) is 6.61 Å². The minimum atomic E-state index is -0.647. The fourth-order valence-electron chi connectivity index (χ4n) is 1.21. The zero-order chi connectivity index (χ0) is 12.3. The second-order valence-electron chi connectivity index (χ2n) is 3.30. The molecule has 0 aliphatic rings. The maximum atomic E-state index is 12.8. The number of hydrogen-bond acceptors (Lipinski definition) is 4. The molecule has 2 N–H and O–H groups in total. The van der Waals surface area contributed by atoms with Crippen LogP contribution in [-0.4, -0.2) is 9.97 Å². The molecule has 1 heterocycles. The molecule has 0 bridgehead atoms. The second-order valence-corrected chi connectivity index (χ2v) is 4.55. The Balaban J connectivity index is 2.05. The van der Waals surface area contributed by atoms with Crippen molar-refractivity contribution in [1.29, 1.82) is 0 Å². The van der Waals surface area contributed by atoms with Gasteiger partial charge in [-0.05, 0) is 40.3 Å². The molecule has 0 saturated heterocycles. The summed E-state index contributed by atoms with van der Waals surface area (Å²) in [4.78, 5) is 7.36. The van der Waals surface area contributed by atoms with E-state index in [0.29, 0.717) is 6.61 Å². The third-order valence-electron chi connectivity index (χ3n) is 2.01. The first kappa shape index (κ1) is 12.0. The largest absolute Gasteiger partial charge is 0.459 e. The van der Waals surface area contributed by atoms with Crippen molar-refractivity contribution in [3.63, 3.8) is 0 Å². The lowest BCUT2D eigenvalue weighted by atomic mass is 10.2. The van der Waals surface area contributed by atoms with E-state index in [1.54, 1.807) is 0 Å². The van der Waals surface area contributed by atoms with Crippen LogP contribution >= 0.6 is 22.6 Å². The molecule has 0 aliphatic heterocycles. The van der Waals surface area contributed by atoms with Crippen molar-refractivity contribution in [2.24, 2.45) is 0 Å². The van der Waals surface area contributed by atoms with E-state index in [4.69, 9.17) is 10.5 Å². The van der Waals surface area contributed by atoms with Gasteiger partial charge >= 0.3 is 6.01 Å². The molecule has 4 nitrogen and oxygen atoms in total. The van der Waals surface area contributed by atoms with E-state index in [-0.39, 0.29) is 11.8 Å². The summed E-state index contributed by atoms with van der Waals surface area (Å²) >= 11 is 2.21. The van der Waals surface area contributed by atoms with Crippen LogP contribution in [0.15, 0.2) is 30.5 Å². The van der Waals surface area contributed by atoms with Crippen molar-refractivity contribution >= 4 is 28.4 Å². The Kier molecular flexibility index (Phi) is 3.72. The van der Waals surface area contributed by atoms with Crippen molar-refractivity contribution < 1.29 is 9.13 Å². The fourth-order valence-corrected chi connectivity index (χ4v) is 1.82. The summed E-state index contributed by atoms with van der Waals surface area (Å²) in [6.45, 7) is 0.321. The van der Waals surface area contributed by atoms with Crippen LogP contribution in [-0.2, 0) is 6.61 Å². The molecule has 0 aliphatic carbocycles. The summed E-state index contributed by atoms with van der Waals surface area (Å²) in [5, 5.41) is 0. The number of benzene rings is 1. The highest BCUT2D eigenvalue weighted by Gasteiger charge is 2.04. The summed E-state index contributed by atoms with van der Waals surface area (Å²) in [7, 11) is 0. The number of halogens is 2. The van der Waals surface area contributed by atoms with Crippen molar-refractivity contribution in [3.8, 4) is 6.01 Å². The third kappa shape index (κ3) is 3.26. The van der Waals surface area contributed by atoms with Crippen LogP contribution in [0.2, 0.25) is 0 Å². The molecule has 0 atom stereocenters. The highest BCUT2D eigenvalue weighted by molar-refractivity contribution is 14.1. The van der Waals surface area contributed by atoms with Gasteiger partial charge in [-0.3, -0.25) is 0 Å². The van der Waals surface area contributed by atoms with Gasteiger partial charge in [-0.1, -0.05) is 12.1 Å². The number of rotatable bonds is 3. The van der Waals surface area contributed by atoms with Crippen LogP contribution in [0.3, 0.4) is 0 Å². The van der Waals surface area contributed by atoms with Crippen LogP contribution < -0.4 is 10.5 Å². The lowest BCUT2D eigenvalue weighted by molar-refractivity contribution is 0.280. The van der Waals surface area contributed by atoms with Gasteiger partial charge < -0.3 is 10.5 Å². The zero-order valence-corrected chi connectivity index (χ0v) is 10.9. The molecular formula is C11H9FIN3O. The van der Waals surface area contributed by atoms with Crippen LogP contribution in [0.5, 0.6) is 6.01 Å². The minimum Gasteiger partial charge on any atom is -0.459 e. The maximum Gasteiger partial charge on any atom is 0.318 e. The second kappa shape index (κ2) is 5.26. The summed E-state index contributed by atoms with van der Waals surface area (Å²) in [6, 6.07) is 7.89. The van der Waals surface area contributed by atoms with Gasteiger partial charge in [-0.15, -0.1) is 0 Å². The highest BCUT2D eigenvalue weighted by atomic mass is 127. The van der Waals surface area contributed by atoms with Crippen molar-refractivity contribution in [2.45, 2.75) is 6.61 Å². The van der Waals surface area contributed by atoms with Crippen LogP contribution in [0.25, 0.3) is 0 Å². The number of nitrogen functional groups attached to an aromatic ring is 1. The predicted octanol–water partition coefficient (Wildman–Crippen LogP) is 2.38.